The van der Waals surface area contributed by atoms with Gasteiger partial charge < -0.3 is 9.47 Å². The highest BCUT2D eigenvalue weighted by molar-refractivity contribution is 7.71. The van der Waals surface area contributed by atoms with Crippen LogP contribution in [-0.2, 0) is 6.42 Å². The van der Waals surface area contributed by atoms with Crippen LogP contribution in [0.4, 0.5) is 10.1 Å². The van der Waals surface area contributed by atoms with Crippen LogP contribution in [0.1, 0.15) is 17.0 Å². The van der Waals surface area contributed by atoms with Gasteiger partial charge in [-0.25, -0.2) is 4.39 Å². The fourth-order valence-corrected chi connectivity index (χ4v) is 2.87. The number of aromatic nitrogens is 3. The number of nitro benzene ring substituents is 1. The molecule has 4 rings (SSSR count). The lowest BCUT2D eigenvalue weighted by Crippen LogP contribution is -2.01. The van der Waals surface area contributed by atoms with Crippen molar-refractivity contribution in [2.75, 3.05) is 6.79 Å². The molecule has 0 unspecified atom stereocenters. The number of fused-ring (bicyclic) bond motifs is 1. The van der Waals surface area contributed by atoms with Gasteiger partial charge in [-0.05, 0) is 36.0 Å². The first-order chi connectivity index (χ1) is 13.5. The number of nitrogens with one attached hydrogen (secondary N) is 1. The summed E-state index contributed by atoms with van der Waals surface area (Å²) in [5.74, 6) is 0.835. The molecule has 1 aromatic heterocycles. The van der Waals surface area contributed by atoms with E-state index in [-0.39, 0.29) is 28.6 Å². The molecule has 2 aromatic carbocycles. The van der Waals surface area contributed by atoms with Gasteiger partial charge in [0.05, 0.1) is 22.8 Å². The van der Waals surface area contributed by atoms with E-state index in [9.17, 15) is 14.5 Å². The summed E-state index contributed by atoms with van der Waals surface area (Å²) in [4.78, 5) is 10.8. The van der Waals surface area contributed by atoms with E-state index in [4.69, 9.17) is 21.7 Å². The van der Waals surface area contributed by atoms with Crippen LogP contribution >= 0.6 is 12.2 Å². The van der Waals surface area contributed by atoms with Crippen LogP contribution in [0, 0.1) is 20.7 Å². The van der Waals surface area contributed by atoms with Crippen molar-refractivity contribution in [2.24, 2.45) is 5.10 Å². The quantitative estimate of drug-likeness (QED) is 0.304. The van der Waals surface area contributed by atoms with Crippen LogP contribution < -0.4 is 9.47 Å². The van der Waals surface area contributed by atoms with Gasteiger partial charge >= 0.3 is 0 Å². The first kappa shape index (κ1) is 17.8. The minimum Gasteiger partial charge on any atom is -0.454 e. The van der Waals surface area contributed by atoms with E-state index in [1.54, 1.807) is 12.1 Å². The van der Waals surface area contributed by atoms with Gasteiger partial charge in [0.1, 0.15) is 5.82 Å². The molecule has 3 aromatic rings. The second-order valence-corrected chi connectivity index (χ2v) is 6.21. The molecule has 142 valence electrons. The Bertz CT molecular complexity index is 1140. The van der Waals surface area contributed by atoms with Crippen molar-refractivity contribution in [2.45, 2.75) is 6.42 Å². The molecule has 28 heavy (non-hydrogen) atoms. The number of rotatable bonds is 5. The average molecular weight is 401 g/mol. The Hall–Kier alpha value is -3.60. The standard InChI is InChI=1S/C17H12FN5O4S/c18-12-3-1-10(2-4-12)5-16-20-21-17(28)22(16)19-8-11-6-14-15(27-9-26-14)7-13(11)23(24)25/h1-4,6-8H,5,9H2,(H,21,28)/b19-8-. The van der Waals surface area contributed by atoms with E-state index in [1.807, 2.05) is 0 Å². The fraction of sp³-hybridized carbons (Fsp3) is 0.118. The molecule has 0 fully saturated rings. The molecule has 0 spiro atoms. The number of H-pyrrole nitrogens is 1. The molecular formula is C17H12FN5O4S. The van der Waals surface area contributed by atoms with E-state index in [1.165, 1.54) is 35.2 Å². The Morgan fingerprint density at radius 2 is 2.04 bits per heavy atom. The highest BCUT2D eigenvalue weighted by Gasteiger charge is 2.22. The van der Waals surface area contributed by atoms with Crippen LogP contribution in [0.3, 0.4) is 0 Å². The molecule has 2 heterocycles. The molecule has 0 saturated carbocycles. The first-order valence-corrected chi connectivity index (χ1v) is 8.45. The summed E-state index contributed by atoms with van der Waals surface area (Å²) in [6.45, 7) is 0.00168. The lowest BCUT2D eigenvalue weighted by Gasteiger charge is -2.03. The number of halogens is 1. The maximum atomic E-state index is 13.1. The smallest absolute Gasteiger partial charge is 0.282 e. The third kappa shape index (κ3) is 3.47. The van der Waals surface area contributed by atoms with Crippen LogP contribution in [0.25, 0.3) is 0 Å². The van der Waals surface area contributed by atoms with Gasteiger partial charge in [0.25, 0.3) is 5.69 Å². The summed E-state index contributed by atoms with van der Waals surface area (Å²) < 4.78 is 25.1. The van der Waals surface area contributed by atoms with Gasteiger partial charge in [0.15, 0.2) is 17.3 Å². The maximum Gasteiger partial charge on any atom is 0.282 e. The summed E-state index contributed by atoms with van der Waals surface area (Å²) in [5.41, 5.74) is 0.856. The number of nitrogens with zero attached hydrogens (tertiary/aromatic N) is 4. The Labute approximate surface area is 162 Å². The van der Waals surface area contributed by atoms with E-state index < -0.39 is 4.92 Å². The Balaban J connectivity index is 1.67. The van der Waals surface area contributed by atoms with Crippen LogP contribution in [-0.4, -0.2) is 32.8 Å². The van der Waals surface area contributed by atoms with E-state index >= 15 is 0 Å². The molecule has 0 saturated heterocycles. The number of ether oxygens (including phenoxy) is 2. The van der Waals surface area contributed by atoms with Crippen LogP contribution in [0.5, 0.6) is 11.5 Å². The van der Waals surface area contributed by atoms with Crippen molar-refractivity contribution in [1.82, 2.24) is 14.9 Å². The Kier molecular flexibility index (Phi) is 4.57. The fourth-order valence-electron chi connectivity index (χ4n) is 2.67. The van der Waals surface area contributed by atoms with Crippen molar-refractivity contribution in [3.63, 3.8) is 0 Å². The van der Waals surface area contributed by atoms with Crippen molar-refractivity contribution in [1.29, 1.82) is 0 Å². The Morgan fingerprint density at radius 3 is 2.75 bits per heavy atom. The predicted molar refractivity (Wildman–Crippen MR) is 98.8 cm³/mol. The molecule has 0 atom stereocenters. The molecule has 0 bridgehead atoms. The number of aromatic amines is 1. The minimum absolute atomic E-state index is 0.00168. The number of nitro groups is 1. The Morgan fingerprint density at radius 1 is 1.32 bits per heavy atom. The summed E-state index contributed by atoms with van der Waals surface area (Å²) in [6.07, 6.45) is 1.65. The molecule has 1 aliphatic rings. The molecule has 9 nitrogen and oxygen atoms in total. The van der Waals surface area contributed by atoms with Gasteiger partial charge in [0.2, 0.25) is 11.6 Å². The van der Waals surface area contributed by atoms with Gasteiger partial charge in [-0.3, -0.25) is 15.2 Å². The van der Waals surface area contributed by atoms with Crippen molar-refractivity contribution in [3.8, 4) is 11.5 Å². The summed E-state index contributed by atoms with van der Waals surface area (Å²) in [6, 6.07) is 8.72. The SMILES string of the molecule is O=[N+]([O-])c1cc2c(cc1/C=N\n1c(Cc3ccc(F)cc3)n[nH]c1=S)OCO2. The summed E-state index contributed by atoms with van der Waals surface area (Å²) in [5, 5.41) is 22.3. The van der Waals surface area contributed by atoms with Gasteiger partial charge in [-0.15, -0.1) is 0 Å². The third-order valence-corrected chi connectivity index (χ3v) is 4.29. The van der Waals surface area contributed by atoms with E-state index in [2.05, 4.69) is 15.3 Å². The molecule has 11 heteroatoms. The first-order valence-electron chi connectivity index (χ1n) is 8.04. The monoisotopic (exact) mass is 401 g/mol. The van der Waals surface area contributed by atoms with Crippen molar-refractivity contribution in [3.05, 3.63) is 74.1 Å². The van der Waals surface area contributed by atoms with Gasteiger partial charge in [-0.2, -0.15) is 14.9 Å². The lowest BCUT2D eigenvalue weighted by molar-refractivity contribution is -0.385. The van der Waals surface area contributed by atoms with E-state index in [0.717, 1.165) is 5.56 Å². The molecule has 1 aliphatic heterocycles. The van der Waals surface area contributed by atoms with Crippen molar-refractivity contribution >= 4 is 24.1 Å². The number of benzene rings is 2. The second kappa shape index (κ2) is 7.19. The average Bonchev–Trinajstić information content (AvgIpc) is 3.27. The largest absolute Gasteiger partial charge is 0.454 e. The molecule has 0 amide bonds. The zero-order chi connectivity index (χ0) is 19.7. The third-order valence-electron chi connectivity index (χ3n) is 4.02. The number of hydrogen-bond donors (Lipinski definition) is 1. The normalized spacial score (nSPS) is 12.6. The zero-order valence-electron chi connectivity index (χ0n) is 14.2. The van der Waals surface area contributed by atoms with Crippen molar-refractivity contribution < 1.29 is 18.8 Å². The summed E-state index contributed by atoms with van der Waals surface area (Å²) in [7, 11) is 0. The molecule has 0 aliphatic carbocycles. The van der Waals surface area contributed by atoms with Crippen LogP contribution in [0.2, 0.25) is 0 Å². The second-order valence-electron chi connectivity index (χ2n) is 5.83. The lowest BCUT2D eigenvalue weighted by atomic mass is 10.1. The van der Waals surface area contributed by atoms with Gasteiger partial charge in [-0.1, -0.05) is 12.1 Å². The topological polar surface area (TPSA) is 108 Å². The number of hydrogen-bond acceptors (Lipinski definition) is 7. The molecular weight excluding hydrogens is 389 g/mol. The molecule has 1 N–H and O–H groups in total. The zero-order valence-corrected chi connectivity index (χ0v) is 15.0. The summed E-state index contributed by atoms with van der Waals surface area (Å²) >= 11 is 5.18. The maximum absolute atomic E-state index is 13.1. The van der Waals surface area contributed by atoms with E-state index in [0.29, 0.717) is 23.7 Å². The molecule has 0 radical (unpaired) electrons. The van der Waals surface area contributed by atoms with Crippen LogP contribution in [0.15, 0.2) is 41.5 Å². The minimum atomic E-state index is -0.530. The predicted octanol–water partition coefficient (Wildman–Crippen LogP) is 3.19. The highest BCUT2D eigenvalue weighted by atomic mass is 32.1. The van der Waals surface area contributed by atoms with Gasteiger partial charge in [0, 0.05) is 6.42 Å². The highest BCUT2D eigenvalue weighted by Crippen LogP contribution is 2.37.